The van der Waals surface area contributed by atoms with Crippen LogP contribution >= 0.6 is 0 Å². The first-order valence-corrected chi connectivity index (χ1v) is 28.4. The second-order valence-corrected chi connectivity index (χ2v) is 28.1. The maximum absolute atomic E-state index is 14.2. The zero-order valence-corrected chi connectivity index (χ0v) is 38.9. The predicted molar refractivity (Wildman–Crippen MR) is 235 cm³/mol. The van der Waals surface area contributed by atoms with E-state index in [0.29, 0.717) is 39.4 Å². The summed E-state index contributed by atoms with van der Waals surface area (Å²) in [6.45, 7) is 0.230. The molecule has 0 radical (unpaired) electrons. The minimum atomic E-state index is -4.83. The van der Waals surface area contributed by atoms with Gasteiger partial charge in [0.2, 0.25) is 0 Å². The molecule has 6 amide bonds. The van der Waals surface area contributed by atoms with Gasteiger partial charge in [0.05, 0.1) is 0 Å². The van der Waals surface area contributed by atoms with Crippen molar-refractivity contribution in [1.82, 2.24) is 20.9 Å². The van der Waals surface area contributed by atoms with Crippen molar-refractivity contribution in [3.63, 3.8) is 0 Å². The van der Waals surface area contributed by atoms with Crippen LogP contribution in [-0.4, -0.2) is 78.2 Å². The number of nitriles is 2. The third-order valence-electron chi connectivity index (χ3n) is 11.7. The van der Waals surface area contributed by atoms with Crippen molar-refractivity contribution in [3.8, 4) is 12.1 Å². The molecule has 69 heavy (non-hydrogen) atoms. The fourth-order valence-corrected chi connectivity index (χ4v) is 13.7. The van der Waals surface area contributed by atoms with Crippen molar-refractivity contribution in [3.05, 3.63) is 153 Å². The number of carbonyl (C=O) groups is 5. The molecule has 7 rings (SSSR count). The van der Waals surface area contributed by atoms with E-state index in [9.17, 15) is 65.9 Å². The number of hydrogen-bond acceptors (Lipinski definition) is 7. The van der Waals surface area contributed by atoms with E-state index in [4.69, 9.17) is 0 Å². The third kappa shape index (κ3) is 10.7. The summed E-state index contributed by atoms with van der Waals surface area (Å²) in [5, 5.41) is 37.2. The van der Waals surface area contributed by atoms with E-state index in [2.05, 4.69) is 25.8 Å². The SMILES string of the molecule is C[I-](C)(CCCNC(=O)C1=C(C(=O)O)N(c2cccc(C(F)(F)F)c2)C(=O)N[C@@H]1c1ccc(C#N)cc1)CCCN1CC2=C(C1=O)[C@@H](c1ccc(C#N)cc1)NC(=O)N2c1cccc(C(F)(F)F)c1. The van der Waals surface area contributed by atoms with Gasteiger partial charge in [-0.3, -0.25) is 0 Å². The van der Waals surface area contributed by atoms with Crippen LogP contribution in [0.1, 0.15) is 58.3 Å². The number of anilines is 2. The number of benzene rings is 4. The van der Waals surface area contributed by atoms with Crippen LogP contribution in [0.3, 0.4) is 0 Å². The molecular formula is C48H42F6IN8O6-. The van der Waals surface area contributed by atoms with Gasteiger partial charge in [-0.15, -0.1) is 0 Å². The molecule has 4 N–H and O–H groups in total. The molecule has 0 spiro atoms. The monoisotopic (exact) mass is 1070 g/mol. The van der Waals surface area contributed by atoms with E-state index in [-0.39, 0.29) is 47.7 Å². The maximum atomic E-state index is 14.2. The van der Waals surface area contributed by atoms with Crippen molar-refractivity contribution in [2.75, 3.05) is 48.2 Å². The number of amides is 6. The third-order valence-corrected chi connectivity index (χ3v) is 19.0. The molecule has 4 aromatic carbocycles. The Bertz CT molecular complexity index is 2870. The van der Waals surface area contributed by atoms with Gasteiger partial charge in [-0.25, -0.2) is 0 Å². The van der Waals surface area contributed by atoms with Crippen LogP contribution in [0.15, 0.2) is 120 Å². The number of carbonyl (C=O) groups excluding carboxylic acids is 4. The molecule has 21 heteroatoms. The van der Waals surface area contributed by atoms with Crippen molar-refractivity contribution in [1.29, 1.82) is 10.5 Å². The van der Waals surface area contributed by atoms with Crippen LogP contribution in [-0.2, 0) is 26.7 Å². The molecular weight excluding hydrogens is 1030 g/mol. The van der Waals surface area contributed by atoms with Crippen LogP contribution < -0.4 is 44.2 Å². The number of nitrogens with one attached hydrogen (secondary N) is 3. The second kappa shape index (κ2) is 19.7. The van der Waals surface area contributed by atoms with Crippen LogP contribution in [0.5, 0.6) is 0 Å². The van der Waals surface area contributed by atoms with Crippen molar-refractivity contribution in [2.45, 2.75) is 37.3 Å². The van der Waals surface area contributed by atoms with Gasteiger partial charge in [0.15, 0.2) is 0 Å². The van der Waals surface area contributed by atoms with Crippen molar-refractivity contribution < 1.29 is 73.9 Å². The Kier molecular flexibility index (Phi) is 14.1. The van der Waals surface area contributed by atoms with Crippen LogP contribution in [0.2, 0.25) is 0 Å². The van der Waals surface area contributed by atoms with Gasteiger partial charge in [0, 0.05) is 0 Å². The first-order chi connectivity index (χ1) is 32.6. The molecule has 2 atom stereocenters. The summed E-state index contributed by atoms with van der Waals surface area (Å²) < 4.78 is 83.8. The summed E-state index contributed by atoms with van der Waals surface area (Å²) in [5.41, 5.74) is -2.26. The Morgan fingerprint density at radius 3 is 1.75 bits per heavy atom. The summed E-state index contributed by atoms with van der Waals surface area (Å²) in [4.78, 5) is 75.9. The second-order valence-electron chi connectivity index (χ2n) is 16.6. The summed E-state index contributed by atoms with van der Waals surface area (Å²) in [6, 6.07) is 19.4. The number of carboxylic acid groups (broad SMARTS) is 1. The number of aliphatic carboxylic acids is 1. The van der Waals surface area contributed by atoms with Crippen molar-refractivity contribution in [2.24, 2.45) is 0 Å². The van der Waals surface area contributed by atoms with E-state index < -0.39 is 101 Å². The number of alkyl halides is 10. The fourth-order valence-electron chi connectivity index (χ4n) is 8.34. The van der Waals surface area contributed by atoms with Gasteiger partial charge in [-0.1, -0.05) is 0 Å². The molecule has 4 aromatic rings. The van der Waals surface area contributed by atoms with E-state index in [1.807, 2.05) is 12.1 Å². The Morgan fingerprint density at radius 1 is 0.739 bits per heavy atom. The topological polar surface area (TPSA) is 199 Å². The van der Waals surface area contributed by atoms with E-state index in [1.54, 1.807) is 17.0 Å². The average molecular weight is 1070 g/mol. The summed E-state index contributed by atoms with van der Waals surface area (Å²) in [7, 11) is 0. The molecule has 0 saturated heterocycles. The fraction of sp³-hybridized carbons (Fsp3) is 0.271. The number of halogens is 7. The Hall–Kier alpha value is -7.40. The number of nitrogens with zero attached hydrogens (tertiary/aromatic N) is 5. The van der Waals surface area contributed by atoms with Crippen molar-refractivity contribution >= 4 is 41.2 Å². The van der Waals surface area contributed by atoms with Gasteiger partial charge >= 0.3 is 373 Å². The zero-order valence-electron chi connectivity index (χ0n) is 36.7. The standard InChI is InChI=1S/C48H42F6IN8O6/c1-55(2,20-6-22-61-27-36-37(43(61)65)39(30-15-11-28(25-56)12-16-30)59-45(68)62(36)34-9-3-7-32(23-34)47(49,50)51)19-5-21-58-42(64)38-40(31-17-13-29(26-57)14-18-31)60-46(69)63(41(38)44(66)67)35-10-4-8-33(24-35)48(52,53)54/h3-4,7-18,23-24,39-40H,5-6,19-22,27H2,1-2H3,(H,58,64)(H,59,68)(H,60,69)(H,66,67)/q-1/t39-,40-/m1/s1. The van der Waals surface area contributed by atoms with E-state index in [0.717, 1.165) is 39.7 Å². The first-order valence-electron chi connectivity index (χ1n) is 21.0. The molecule has 14 nitrogen and oxygen atoms in total. The van der Waals surface area contributed by atoms with Gasteiger partial charge < -0.3 is 0 Å². The first kappa shape index (κ1) is 49.5. The molecule has 0 aromatic heterocycles. The van der Waals surface area contributed by atoms with E-state index >= 15 is 0 Å². The molecule has 360 valence electrons. The molecule has 0 aliphatic carbocycles. The van der Waals surface area contributed by atoms with E-state index in [1.165, 1.54) is 48.5 Å². The Labute approximate surface area is 395 Å². The summed E-state index contributed by atoms with van der Waals surface area (Å²) >= 11 is -2.62. The van der Waals surface area contributed by atoms with Crippen LogP contribution in [0.25, 0.3) is 0 Å². The quantitative estimate of drug-likeness (QED) is 0.0615. The van der Waals surface area contributed by atoms with Gasteiger partial charge in [-0.05, 0) is 0 Å². The van der Waals surface area contributed by atoms with Gasteiger partial charge in [0.1, 0.15) is 0 Å². The number of urea groups is 2. The van der Waals surface area contributed by atoms with Crippen LogP contribution in [0, 0.1) is 22.7 Å². The number of rotatable bonds is 14. The molecule has 0 fully saturated rings. The molecule has 3 aliphatic rings. The zero-order chi connectivity index (χ0) is 50.0. The summed E-state index contributed by atoms with van der Waals surface area (Å²) in [6.07, 6.45) is -8.57. The molecule has 0 unspecified atom stereocenters. The summed E-state index contributed by atoms with van der Waals surface area (Å²) in [5.74, 6) is -3.08. The number of carboxylic acids is 1. The molecule has 0 bridgehead atoms. The average Bonchev–Trinajstić information content (AvgIpc) is 3.63. The van der Waals surface area contributed by atoms with Gasteiger partial charge in [0.25, 0.3) is 0 Å². The Morgan fingerprint density at radius 2 is 1.23 bits per heavy atom. The van der Waals surface area contributed by atoms with Gasteiger partial charge in [-0.2, -0.15) is 23.7 Å². The van der Waals surface area contributed by atoms with Crippen LogP contribution in [0.4, 0.5) is 47.3 Å². The normalized spacial score (nSPS) is 17.8. The number of hydrogen-bond donors (Lipinski definition) is 4. The molecule has 3 aliphatic heterocycles. The molecule has 0 saturated carbocycles. The predicted octanol–water partition coefficient (Wildman–Crippen LogP) is 4.46. The molecule has 3 heterocycles. The Balaban J connectivity index is 1.05. The minimum absolute atomic E-state index is 0.0456.